The summed E-state index contributed by atoms with van der Waals surface area (Å²) >= 11 is 12.2. The van der Waals surface area contributed by atoms with E-state index in [1.807, 2.05) is 12.2 Å². The molecule has 4 aliphatic rings. The molecule has 3 aliphatic heterocycles. The van der Waals surface area contributed by atoms with Crippen molar-refractivity contribution in [2.24, 2.45) is 11.8 Å². The van der Waals surface area contributed by atoms with Crippen LogP contribution in [0.15, 0.2) is 30.4 Å². The summed E-state index contributed by atoms with van der Waals surface area (Å²) in [6.45, 7) is 7.20. The Bertz CT molecular complexity index is 1150. The largest absolute Gasteiger partial charge is 0.359 e. The Balaban J connectivity index is 1.41. The number of benzene rings is 1. The van der Waals surface area contributed by atoms with Gasteiger partial charge in [-0.05, 0) is 57.0 Å². The van der Waals surface area contributed by atoms with Crippen molar-refractivity contribution in [3.8, 4) is 0 Å². The summed E-state index contributed by atoms with van der Waals surface area (Å²) in [5.74, 6) is -2.25. The van der Waals surface area contributed by atoms with Gasteiger partial charge in [-0.1, -0.05) is 68.5 Å². The van der Waals surface area contributed by atoms with Crippen molar-refractivity contribution in [3.05, 3.63) is 40.4 Å². The Kier molecular flexibility index (Phi) is 9.10. The Morgan fingerprint density at radius 2 is 1.77 bits per heavy atom. The van der Waals surface area contributed by atoms with E-state index in [2.05, 4.69) is 29.4 Å². The first kappa shape index (κ1) is 29.4. The summed E-state index contributed by atoms with van der Waals surface area (Å²) in [7, 11) is 0. The first-order chi connectivity index (χ1) is 19.3. The first-order valence-corrected chi connectivity index (χ1v) is 15.5. The molecule has 3 amide bonds. The zero-order valence-electron chi connectivity index (χ0n) is 23.3. The predicted octanol–water partition coefficient (Wildman–Crippen LogP) is 4.65. The number of likely N-dealkylation sites (tertiary alicyclic amines) is 1. The van der Waals surface area contributed by atoms with Gasteiger partial charge in [0.15, 0.2) is 0 Å². The van der Waals surface area contributed by atoms with Crippen LogP contribution in [0.3, 0.4) is 0 Å². The molecule has 3 heterocycles. The fourth-order valence-corrected chi connectivity index (χ4v) is 7.35. The third-order valence-corrected chi connectivity index (χ3v) is 9.54. The van der Waals surface area contributed by atoms with Gasteiger partial charge in [0, 0.05) is 24.8 Å². The zero-order valence-corrected chi connectivity index (χ0v) is 24.8. The van der Waals surface area contributed by atoms with Crippen LogP contribution >= 0.6 is 23.2 Å². The number of hydrogen-bond donors (Lipinski definition) is 2. The number of carbonyl (C=O) groups is 3. The maximum Gasteiger partial charge on any atom is 0.246 e. The van der Waals surface area contributed by atoms with E-state index in [-0.39, 0.29) is 23.8 Å². The molecule has 0 radical (unpaired) electrons. The number of anilines is 1. The molecule has 2 bridgehead atoms. The van der Waals surface area contributed by atoms with Crippen molar-refractivity contribution < 1.29 is 19.1 Å². The zero-order chi connectivity index (χ0) is 28.4. The van der Waals surface area contributed by atoms with E-state index >= 15 is 0 Å². The number of amides is 3. The van der Waals surface area contributed by atoms with E-state index in [9.17, 15) is 14.4 Å². The van der Waals surface area contributed by atoms with Crippen LogP contribution in [0.2, 0.25) is 10.0 Å². The lowest BCUT2D eigenvalue weighted by Gasteiger charge is -2.35. The molecule has 5 rings (SSSR count). The minimum absolute atomic E-state index is 0.0988. The molecule has 8 nitrogen and oxygen atoms in total. The molecule has 0 unspecified atom stereocenters. The monoisotopic (exact) mass is 590 g/mol. The topological polar surface area (TPSA) is 91.0 Å². The van der Waals surface area contributed by atoms with Crippen molar-refractivity contribution in [2.45, 2.75) is 82.6 Å². The molecule has 5 atom stereocenters. The van der Waals surface area contributed by atoms with Crippen LogP contribution in [-0.4, -0.2) is 77.5 Å². The lowest BCUT2D eigenvalue weighted by molar-refractivity contribution is -0.141. The van der Waals surface area contributed by atoms with Crippen LogP contribution in [0, 0.1) is 11.8 Å². The first-order valence-electron chi connectivity index (χ1n) is 14.7. The minimum Gasteiger partial charge on any atom is -0.359 e. The second-order valence-corrected chi connectivity index (χ2v) is 12.4. The molecule has 40 heavy (non-hydrogen) atoms. The lowest BCUT2D eigenvalue weighted by atomic mass is 9.74. The summed E-state index contributed by atoms with van der Waals surface area (Å²) < 4.78 is 6.47. The SMILES string of the molecule is CCCN(CCC)CCN1C(=O)[C@@H]2[C@@H](C(=O)Nc3ccc(Cl)c(Cl)c3)[C@@H]3C=C[C@@]2(O3)[C@H]1C(=O)NC1CCCCC1. The van der Waals surface area contributed by atoms with Crippen molar-refractivity contribution >= 4 is 46.6 Å². The smallest absolute Gasteiger partial charge is 0.246 e. The Morgan fingerprint density at radius 3 is 2.45 bits per heavy atom. The van der Waals surface area contributed by atoms with Gasteiger partial charge in [-0.2, -0.15) is 0 Å². The molecular weight excluding hydrogens is 551 g/mol. The predicted molar refractivity (Wildman–Crippen MR) is 156 cm³/mol. The third-order valence-electron chi connectivity index (χ3n) is 8.80. The average Bonchev–Trinajstić information content (AvgIpc) is 3.57. The summed E-state index contributed by atoms with van der Waals surface area (Å²) in [5.41, 5.74) is -0.676. The van der Waals surface area contributed by atoms with E-state index in [4.69, 9.17) is 27.9 Å². The fourth-order valence-electron chi connectivity index (χ4n) is 7.05. The van der Waals surface area contributed by atoms with Gasteiger partial charge in [-0.3, -0.25) is 14.4 Å². The summed E-state index contributed by atoms with van der Waals surface area (Å²) in [5, 5.41) is 6.86. The fraction of sp³-hybridized carbons (Fsp3) is 0.633. The number of nitrogens with zero attached hydrogens (tertiary/aromatic N) is 2. The van der Waals surface area contributed by atoms with E-state index in [1.54, 1.807) is 23.1 Å². The van der Waals surface area contributed by atoms with Crippen LogP contribution in [0.25, 0.3) is 0 Å². The second-order valence-electron chi connectivity index (χ2n) is 11.5. The van der Waals surface area contributed by atoms with Gasteiger partial charge in [0.2, 0.25) is 17.7 Å². The van der Waals surface area contributed by atoms with Gasteiger partial charge >= 0.3 is 0 Å². The standard InChI is InChI=1S/C30H40Cl2N4O4/c1-3-14-35(15-4-2)16-17-36-26(28(38)33-19-8-6-5-7-9-19)30-13-12-23(40-30)24(25(30)29(36)39)27(37)34-20-10-11-21(31)22(32)18-20/h10-13,18-19,23-26H,3-9,14-17H2,1-2H3,(H,33,38)(H,34,37)/t23-,24-,25-,26+,30-/m0/s1. The van der Waals surface area contributed by atoms with Gasteiger partial charge in [0.1, 0.15) is 11.6 Å². The van der Waals surface area contributed by atoms with Crippen LogP contribution in [0.1, 0.15) is 58.8 Å². The molecule has 0 aromatic heterocycles. The van der Waals surface area contributed by atoms with Gasteiger partial charge in [0.25, 0.3) is 0 Å². The molecular formula is C30H40Cl2N4O4. The van der Waals surface area contributed by atoms with Crippen LogP contribution in [0.5, 0.6) is 0 Å². The van der Waals surface area contributed by atoms with Crippen LogP contribution in [0.4, 0.5) is 5.69 Å². The highest BCUT2D eigenvalue weighted by Crippen LogP contribution is 2.55. The molecule has 2 saturated heterocycles. The summed E-state index contributed by atoms with van der Waals surface area (Å²) in [6.07, 6.45) is 10.4. The number of fused-ring (bicyclic) bond motifs is 1. The lowest BCUT2D eigenvalue weighted by Crippen LogP contribution is -2.57. The summed E-state index contributed by atoms with van der Waals surface area (Å²) in [6, 6.07) is 4.15. The quantitative estimate of drug-likeness (QED) is 0.366. The van der Waals surface area contributed by atoms with Crippen molar-refractivity contribution in [2.75, 3.05) is 31.5 Å². The molecule has 1 aliphatic carbocycles. The Labute approximate surface area is 246 Å². The number of ether oxygens (including phenoxy) is 1. The van der Waals surface area contributed by atoms with Gasteiger partial charge < -0.3 is 25.2 Å². The molecule has 1 saturated carbocycles. The maximum absolute atomic E-state index is 14.2. The molecule has 1 aromatic rings. The number of halogens is 2. The van der Waals surface area contributed by atoms with E-state index in [0.717, 1.165) is 51.6 Å². The van der Waals surface area contributed by atoms with E-state index in [0.29, 0.717) is 28.8 Å². The van der Waals surface area contributed by atoms with Crippen molar-refractivity contribution in [3.63, 3.8) is 0 Å². The Hall–Kier alpha value is -2.13. The van der Waals surface area contributed by atoms with Gasteiger partial charge in [-0.25, -0.2) is 0 Å². The highest BCUT2D eigenvalue weighted by Gasteiger charge is 2.72. The number of rotatable bonds is 11. The number of nitrogens with one attached hydrogen (secondary N) is 2. The highest BCUT2D eigenvalue weighted by molar-refractivity contribution is 6.42. The van der Waals surface area contributed by atoms with Crippen molar-refractivity contribution in [1.82, 2.24) is 15.1 Å². The van der Waals surface area contributed by atoms with Gasteiger partial charge in [-0.15, -0.1) is 0 Å². The maximum atomic E-state index is 14.2. The molecule has 10 heteroatoms. The van der Waals surface area contributed by atoms with Gasteiger partial charge in [0.05, 0.1) is 28.0 Å². The second kappa shape index (κ2) is 12.4. The molecule has 1 spiro atoms. The Morgan fingerprint density at radius 1 is 1.05 bits per heavy atom. The number of carbonyl (C=O) groups excluding carboxylic acids is 3. The van der Waals surface area contributed by atoms with Crippen LogP contribution in [-0.2, 0) is 19.1 Å². The van der Waals surface area contributed by atoms with Crippen LogP contribution < -0.4 is 10.6 Å². The highest BCUT2D eigenvalue weighted by atomic mass is 35.5. The summed E-state index contributed by atoms with van der Waals surface area (Å²) in [4.78, 5) is 45.8. The number of hydrogen-bond acceptors (Lipinski definition) is 5. The minimum atomic E-state index is -1.17. The molecule has 3 fully saturated rings. The molecule has 218 valence electrons. The van der Waals surface area contributed by atoms with E-state index < -0.39 is 29.6 Å². The van der Waals surface area contributed by atoms with Crippen molar-refractivity contribution in [1.29, 1.82) is 0 Å². The third kappa shape index (κ3) is 5.52. The van der Waals surface area contributed by atoms with E-state index in [1.165, 1.54) is 6.42 Å². The molecule has 2 N–H and O–H groups in total. The molecule has 1 aromatic carbocycles. The normalized spacial score (nSPS) is 29.3. The average molecular weight is 592 g/mol.